The smallest absolute Gasteiger partial charge is 0.230 e. The molecule has 0 aliphatic heterocycles. The summed E-state index contributed by atoms with van der Waals surface area (Å²) in [4.78, 5) is 0. The van der Waals surface area contributed by atoms with Crippen molar-refractivity contribution in [2.24, 2.45) is 0 Å². The summed E-state index contributed by atoms with van der Waals surface area (Å²) in [7, 11) is 0. The van der Waals surface area contributed by atoms with Gasteiger partial charge in [-0.15, -0.1) is 0 Å². The van der Waals surface area contributed by atoms with Crippen molar-refractivity contribution in [3.05, 3.63) is 17.3 Å². The Morgan fingerprint density at radius 3 is 2.50 bits per heavy atom. The van der Waals surface area contributed by atoms with Crippen LogP contribution in [-0.4, -0.2) is 20.5 Å². The highest BCUT2D eigenvalue weighted by Gasteiger charge is 2.21. The van der Waals surface area contributed by atoms with Crippen LogP contribution in [0.2, 0.25) is 5.02 Å². The van der Waals surface area contributed by atoms with Crippen molar-refractivity contribution >= 4 is 17.5 Å². The molecule has 0 fully saturated rings. The number of nitrogen functional groups attached to an aromatic ring is 1. The summed E-state index contributed by atoms with van der Waals surface area (Å²) in [5.74, 6) is -1.48. The Morgan fingerprint density at radius 1 is 1.25 bits per heavy atom. The molecule has 0 aliphatic rings. The van der Waals surface area contributed by atoms with E-state index in [0.717, 1.165) is 6.07 Å². The summed E-state index contributed by atoms with van der Waals surface area (Å²) in [6, 6.07) is 0.921. The molecule has 7 heteroatoms. The number of phenolic OH excluding ortho intramolecular Hbond substituents is 3. The molecule has 0 bridgehead atoms. The van der Waals surface area contributed by atoms with Gasteiger partial charge >= 0.3 is 0 Å². The van der Waals surface area contributed by atoms with E-state index < -0.39 is 11.5 Å². The number of hydrogen-bond acceptors (Lipinski definition) is 6. The summed E-state index contributed by atoms with van der Waals surface area (Å²) in [5.41, 5.74) is 5.61. The number of aromatic hydroxyl groups is 3. The summed E-state index contributed by atoms with van der Waals surface area (Å²) in [6.45, 7) is 0. The largest absolute Gasteiger partial charge is 0.506 e. The van der Waals surface area contributed by atoms with Gasteiger partial charge in [0.2, 0.25) is 5.88 Å². The van der Waals surface area contributed by atoms with Crippen LogP contribution in [0.25, 0.3) is 11.1 Å². The van der Waals surface area contributed by atoms with Gasteiger partial charge in [-0.25, -0.2) is 0 Å². The van der Waals surface area contributed by atoms with Crippen molar-refractivity contribution < 1.29 is 19.8 Å². The first-order valence-electron chi connectivity index (χ1n) is 4.16. The highest BCUT2D eigenvalue weighted by molar-refractivity contribution is 6.35. The second kappa shape index (κ2) is 3.49. The maximum absolute atomic E-state index is 9.63. The molecule has 0 aliphatic carbocycles. The average molecular weight is 243 g/mol. The molecular weight excluding hydrogens is 236 g/mol. The van der Waals surface area contributed by atoms with Crippen molar-refractivity contribution in [1.29, 1.82) is 0 Å². The Labute approximate surface area is 94.5 Å². The van der Waals surface area contributed by atoms with Gasteiger partial charge in [0.1, 0.15) is 5.75 Å². The lowest BCUT2D eigenvalue weighted by atomic mass is 10.1. The summed E-state index contributed by atoms with van der Waals surface area (Å²) < 4.78 is 4.60. The number of anilines is 1. The van der Waals surface area contributed by atoms with Gasteiger partial charge in [0.25, 0.3) is 0 Å². The molecular formula is C9H7ClN2O4. The van der Waals surface area contributed by atoms with Crippen LogP contribution < -0.4 is 5.73 Å². The summed E-state index contributed by atoms with van der Waals surface area (Å²) in [5, 5.41) is 31.6. The Kier molecular flexibility index (Phi) is 2.28. The van der Waals surface area contributed by atoms with E-state index in [4.69, 9.17) is 17.3 Å². The fraction of sp³-hybridized carbons (Fsp3) is 0. The normalized spacial score (nSPS) is 10.6. The molecule has 6 nitrogen and oxygen atoms in total. The van der Waals surface area contributed by atoms with Crippen LogP contribution in [0, 0.1) is 0 Å². The molecule has 1 heterocycles. The topological polar surface area (TPSA) is 113 Å². The number of phenols is 3. The molecule has 0 saturated carbocycles. The molecule has 0 spiro atoms. The zero-order chi connectivity index (χ0) is 11.9. The van der Waals surface area contributed by atoms with Crippen LogP contribution >= 0.6 is 11.6 Å². The Morgan fingerprint density at radius 2 is 1.94 bits per heavy atom. The Balaban J connectivity index is 2.79. The Hall–Kier alpha value is -2.08. The fourth-order valence-corrected chi connectivity index (χ4v) is 1.55. The van der Waals surface area contributed by atoms with Crippen molar-refractivity contribution in [1.82, 2.24) is 5.16 Å². The standard InChI is InChI=1S/C9H7ClN2O4/c10-7-4(13)1-5(14)8(15)6(7)3-2-12-16-9(3)11/h1-2,13-15H,11H2. The van der Waals surface area contributed by atoms with E-state index in [2.05, 4.69) is 9.68 Å². The van der Waals surface area contributed by atoms with Gasteiger partial charge in [0.05, 0.1) is 22.3 Å². The van der Waals surface area contributed by atoms with Crippen LogP contribution in [-0.2, 0) is 0 Å². The number of nitrogens with two attached hydrogens (primary N) is 1. The number of rotatable bonds is 1. The monoisotopic (exact) mass is 242 g/mol. The number of nitrogens with zero attached hydrogens (tertiary/aromatic N) is 1. The predicted octanol–water partition coefficient (Wildman–Crippen LogP) is 1.69. The second-order valence-corrected chi connectivity index (χ2v) is 3.43. The molecule has 0 unspecified atom stereocenters. The molecule has 0 saturated heterocycles. The van der Waals surface area contributed by atoms with Crippen LogP contribution in [0.4, 0.5) is 5.88 Å². The number of halogens is 1. The molecule has 2 rings (SSSR count). The molecule has 0 radical (unpaired) electrons. The van der Waals surface area contributed by atoms with Crippen molar-refractivity contribution in [3.63, 3.8) is 0 Å². The molecule has 1 aromatic heterocycles. The van der Waals surface area contributed by atoms with Crippen LogP contribution in [0.5, 0.6) is 17.2 Å². The van der Waals surface area contributed by atoms with E-state index in [0.29, 0.717) is 0 Å². The Bertz CT molecular complexity index is 526. The maximum atomic E-state index is 9.63. The third kappa shape index (κ3) is 1.40. The number of aromatic nitrogens is 1. The number of hydrogen-bond donors (Lipinski definition) is 4. The van der Waals surface area contributed by atoms with Gasteiger partial charge in [0, 0.05) is 6.07 Å². The quantitative estimate of drug-likeness (QED) is 0.447. The van der Waals surface area contributed by atoms with Gasteiger partial charge in [0.15, 0.2) is 11.5 Å². The van der Waals surface area contributed by atoms with Crippen molar-refractivity contribution in [3.8, 4) is 28.4 Å². The van der Waals surface area contributed by atoms with Crippen LogP contribution in [0.15, 0.2) is 16.8 Å². The minimum Gasteiger partial charge on any atom is -0.506 e. The lowest BCUT2D eigenvalue weighted by Gasteiger charge is -2.08. The minimum absolute atomic E-state index is 0.0297. The maximum Gasteiger partial charge on any atom is 0.230 e. The molecule has 0 amide bonds. The van der Waals surface area contributed by atoms with E-state index in [9.17, 15) is 15.3 Å². The van der Waals surface area contributed by atoms with Gasteiger partial charge in [-0.1, -0.05) is 16.8 Å². The SMILES string of the molecule is Nc1oncc1-c1c(O)c(O)cc(O)c1Cl. The third-order valence-corrected chi connectivity index (χ3v) is 2.45. The number of benzene rings is 1. The lowest BCUT2D eigenvalue weighted by molar-refractivity contribution is 0.398. The predicted molar refractivity (Wildman–Crippen MR) is 56.4 cm³/mol. The average Bonchev–Trinajstić information content (AvgIpc) is 2.63. The lowest BCUT2D eigenvalue weighted by Crippen LogP contribution is -1.87. The zero-order valence-corrected chi connectivity index (χ0v) is 8.56. The molecule has 5 N–H and O–H groups in total. The van der Waals surface area contributed by atoms with Gasteiger partial charge in [-0.3, -0.25) is 0 Å². The first kappa shape index (κ1) is 10.4. The first-order chi connectivity index (χ1) is 7.52. The van der Waals surface area contributed by atoms with Crippen LogP contribution in [0.1, 0.15) is 0 Å². The highest BCUT2D eigenvalue weighted by atomic mass is 35.5. The minimum atomic E-state index is -0.516. The highest BCUT2D eigenvalue weighted by Crippen LogP contribution is 2.47. The van der Waals surface area contributed by atoms with E-state index in [1.54, 1.807) is 0 Å². The van der Waals surface area contributed by atoms with Gasteiger partial charge in [-0.2, -0.15) is 0 Å². The van der Waals surface area contributed by atoms with Gasteiger partial charge < -0.3 is 25.6 Å². The zero-order valence-electron chi connectivity index (χ0n) is 7.81. The van der Waals surface area contributed by atoms with E-state index in [1.807, 2.05) is 0 Å². The molecule has 2 aromatic rings. The fourth-order valence-electron chi connectivity index (χ4n) is 1.30. The van der Waals surface area contributed by atoms with E-state index in [1.165, 1.54) is 6.20 Å². The second-order valence-electron chi connectivity index (χ2n) is 3.06. The first-order valence-corrected chi connectivity index (χ1v) is 4.54. The van der Waals surface area contributed by atoms with E-state index >= 15 is 0 Å². The van der Waals surface area contributed by atoms with Crippen molar-refractivity contribution in [2.75, 3.05) is 5.73 Å². The third-order valence-electron chi connectivity index (χ3n) is 2.06. The molecule has 84 valence electrons. The van der Waals surface area contributed by atoms with Crippen molar-refractivity contribution in [2.45, 2.75) is 0 Å². The molecule has 1 aromatic carbocycles. The van der Waals surface area contributed by atoms with Crippen LogP contribution in [0.3, 0.4) is 0 Å². The summed E-state index contributed by atoms with van der Waals surface area (Å²) >= 11 is 5.79. The molecule has 0 atom stereocenters. The molecule has 16 heavy (non-hydrogen) atoms. The van der Waals surface area contributed by atoms with E-state index in [-0.39, 0.29) is 27.8 Å². The summed E-state index contributed by atoms with van der Waals surface area (Å²) in [6.07, 6.45) is 1.22. The van der Waals surface area contributed by atoms with Gasteiger partial charge in [-0.05, 0) is 0 Å².